The van der Waals surface area contributed by atoms with Crippen molar-refractivity contribution < 1.29 is 19.8 Å². The number of fused-ring (bicyclic) bond motifs is 2. The van der Waals surface area contributed by atoms with Crippen LogP contribution >= 0.6 is 0 Å². The lowest BCUT2D eigenvalue weighted by Gasteiger charge is -2.27. The van der Waals surface area contributed by atoms with Crippen LogP contribution in [0.4, 0.5) is 17.1 Å². The minimum absolute atomic E-state index is 0.0119. The minimum Gasteiger partial charge on any atom is -0.395 e. The number of para-hydroxylation sites is 3. The first-order valence-electron chi connectivity index (χ1n) is 8.42. The van der Waals surface area contributed by atoms with E-state index < -0.39 is 0 Å². The third kappa shape index (κ3) is 3.60. The molecule has 7 nitrogen and oxygen atoms in total. The number of hydrogen-bond acceptors (Lipinski definition) is 5. The monoisotopic (exact) mass is 355 g/mol. The summed E-state index contributed by atoms with van der Waals surface area (Å²) in [6.07, 6.45) is 0. The van der Waals surface area contributed by atoms with E-state index in [2.05, 4.69) is 5.32 Å². The highest BCUT2D eigenvalue weighted by atomic mass is 16.3. The summed E-state index contributed by atoms with van der Waals surface area (Å²) in [5, 5.41) is 21.2. The number of anilines is 3. The van der Waals surface area contributed by atoms with E-state index in [-0.39, 0.29) is 44.7 Å². The van der Waals surface area contributed by atoms with E-state index in [9.17, 15) is 19.8 Å². The van der Waals surface area contributed by atoms with Crippen LogP contribution in [0.15, 0.2) is 48.5 Å². The Morgan fingerprint density at radius 1 is 0.962 bits per heavy atom. The average Bonchev–Trinajstić information content (AvgIpc) is 2.76. The predicted octanol–water partition coefficient (Wildman–Crippen LogP) is 1.20. The van der Waals surface area contributed by atoms with Crippen molar-refractivity contribution in [1.29, 1.82) is 0 Å². The molecule has 0 unspecified atom stereocenters. The first-order valence-corrected chi connectivity index (χ1v) is 8.42. The number of aliphatic hydroxyl groups is 2. The summed E-state index contributed by atoms with van der Waals surface area (Å²) >= 11 is 0. The molecule has 136 valence electrons. The molecule has 1 aliphatic heterocycles. The van der Waals surface area contributed by atoms with Crippen LogP contribution in [0.5, 0.6) is 0 Å². The van der Waals surface area contributed by atoms with Crippen LogP contribution in [-0.4, -0.2) is 59.8 Å². The van der Waals surface area contributed by atoms with E-state index in [0.717, 1.165) is 0 Å². The molecule has 0 saturated carbocycles. The molecule has 0 aliphatic carbocycles. The lowest BCUT2D eigenvalue weighted by Crippen LogP contribution is -2.40. The van der Waals surface area contributed by atoms with E-state index >= 15 is 0 Å². The van der Waals surface area contributed by atoms with Crippen LogP contribution in [0.1, 0.15) is 10.4 Å². The van der Waals surface area contributed by atoms with Crippen molar-refractivity contribution in [2.24, 2.45) is 0 Å². The zero-order chi connectivity index (χ0) is 18.5. The van der Waals surface area contributed by atoms with E-state index in [1.165, 1.54) is 4.90 Å². The molecule has 0 spiro atoms. The smallest absolute Gasteiger partial charge is 0.257 e. The summed E-state index contributed by atoms with van der Waals surface area (Å²) in [5.41, 5.74) is 2.06. The van der Waals surface area contributed by atoms with E-state index in [1.54, 1.807) is 53.4 Å². The average molecular weight is 355 g/mol. The fraction of sp³-hybridized carbons (Fsp3) is 0.263. The summed E-state index contributed by atoms with van der Waals surface area (Å²) in [6, 6.07) is 14.1. The van der Waals surface area contributed by atoms with Crippen LogP contribution in [0, 0.1) is 0 Å². The molecule has 2 aromatic rings. The molecule has 1 aliphatic rings. The molecule has 2 amide bonds. The lowest BCUT2D eigenvalue weighted by molar-refractivity contribution is -0.119. The molecule has 3 N–H and O–H groups in total. The van der Waals surface area contributed by atoms with Gasteiger partial charge in [0.2, 0.25) is 5.91 Å². The van der Waals surface area contributed by atoms with Crippen molar-refractivity contribution in [3.05, 3.63) is 54.1 Å². The van der Waals surface area contributed by atoms with Crippen molar-refractivity contribution in [1.82, 2.24) is 4.90 Å². The summed E-state index contributed by atoms with van der Waals surface area (Å²) in [4.78, 5) is 28.9. The van der Waals surface area contributed by atoms with Gasteiger partial charge >= 0.3 is 0 Å². The number of hydrogen-bond donors (Lipinski definition) is 3. The third-order valence-electron chi connectivity index (χ3n) is 4.22. The number of nitrogens with one attached hydrogen (secondary N) is 1. The van der Waals surface area contributed by atoms with Gasteiger partial charge in [-0.25, -0.2) is 0 Å². The fourth-order valence-corrected chi connectivity index (χ4v) is 3.04. The van der Waals surface area contributed by atoms with Crippen LogP contribution in [0.2, 0.25) is 0 Å². The highest BCUT2D eigenvalue weighted by Gasteiger charge is 2.29. The Kier molecular flexibility index (Phi) is 5.62. The summed E-state index contributed by atoms with van der Waals surface area (Å²) in [5.74, 6) is -0.519. The van der Waals surface area contributed by atoms with Crippen LogP contribution < -0.4 is 10.2 Å². The normalized spacial score (nSPS) is 13.0. The third-order valence-corrected chi connectivity index (χ3v) is 4.22. The van der Waals surface area contributed by atoms with Gasteiger partial charge in [0.05, 0.1) is 42.4 Å². The highest BCUT2D eigenvalue weighted by molar-refractivity contribution is 6.17. The van der Waals surface area contributed by atoms with Crippen molar-refractivity contribution in [2.75, 3.05) is 43.1 Å². The van der Waals surface area contributed by atoms with Crippen LogP contribution in [0.3, 0.4) is 0 Å². The van der Waals surface area contributed by atoms with Crippen LogP contribution in [0.25, 0.3) is 0 Å². The first-order chi connectivity index (χ1) is 12.7. The quantitative estimate of drug-likeness (QED) is 0.724. The maximum atomic E-state index is 13.1. The van der Waals surface area contributed by atoms with Gasteiger partial charge in [-0.15, -0.1) is 0 Å². The molecule has 3 rings (SSSR count). The molecular formula is C19H21N3O4. The second-order valence-electron chi connectivity index (χ2n) is 5.94. The largest absolute Gasteiger partial charge is 0.395 e. The Morgan fingerprint density at radius 2 is 1.58 bits per heavy atom. The second kappa shape index (κ2) is 8.09. The standard InChI is InChI=1S/C19H21N3O4/c23-11-9-21(10-12-24)13-18(25)22-16-7-3-1-5-14(16)19(26)20-15-6-2-4-8-17(15)22/h1-8,23-24H,9-13H2,(H,20,26). The number of nitrogens with zero attached hydrogens (tertiary/aromatic N) is 2. The van der Waals surface area contributed by atoms with Gasteiger partial charge < -0.3 is 15.5 Å². The molecule has 1 heterocycles. The van der Waals surface area contributed by atoms with Gasteiger partial charge in [0.15, 0.2) is 0 Å². The molecule has 2 aromatic carbocycles. The van der Waals surface area contributed by atoms with Gasteiger partial charge in [0.25, 0.3) is 5.91 Å². The van der Waals surface area contributed by atoms with E-state index in [4.69, 9.17) is 0 Å². The second-order valence-corrected chi connectivity index (χ2v) is 5.94. The number of carbonyl (C=O) groups is 2. The van der Waals surface area contributed by atoms with Crippen LogP contribution in [-0.2, 0) is 4.79 Å². The molecule has 0 saturated heterocycles. The Bertz CT molecular complexity index is 803. The van der Waals surface area contributed by atoms with Gasteiger partial charge in [0, 0.05) is 13.1 Å². The Labute approximate surface area is 151 Å². The number of rotatable bonds is 6. The maximum absolute atomic E-state index is 13.1. The Balaban J connectivity index is 2.03. The molecule has 0 radical (unpaired) electrons. The SMILES string of the molecule is O=C1Nc2ccccc2N(C(=O)CN(CCO)CCO)c2ccccc21. The highest BCUT2D eigenvalue weighted by Crippen LogP contribution is 2.37. The zero-order valence-corrected chi connectivity index (χ0v) is 14.3. The number of aliphatic hydroxyl groups excluding tert-OH is 2. The number of carbonyl (C=O) groups excluding carboxylic acids is 2. The van der Waals surface area contributed by atoms with Gasteiger partial charge in [-0.2, -0.15) is 0 Å². The van der Waals surface area contributed by atoms with Gasteiger partial charge in [-0.3, -0.25) is 19.4 Å². The molecule has 0 bridgehead atoms. The summed E-state index contributed by atoms with van der Waals surface area (Å²) in [7, 11) is 0. The topological polar surface area (TPSA) is 93.1 Å². The van der Waals surface area contributed by atoms with Gasteiger partial charge in [-0.1, -0.05) is 24.3 Å². The molecule has 26 heavy (non-hydrogen) atoms. The summed E-state index contributed by atoms with van der Waals surface area (Å²) < 4.78 is 0. The van der Waals surface area contributed by atoms with Gasteiger partial charge in [0.1, 0.15) is 0 Å². The van der Waals surface area contributed by atoms with Crippen molar-refractivity contribution in [2.45, 2.75) is 0 Å². The maximum Gasteiger partial charge on any atom is 0.257 e. The molecular weight excluding hydrogens is 334 g/mol. The predicted molar refractivity (Wildman–Crippen MR) is 98.6 cm³/mol. The number of amides is 2. The van der Waals surface area contributed by atoms with Crippen molar-refractivity contribution in [3.63, 3.8) is 0 Å². The molecule has 0 fully saturated rings. The Hall–Kier alpha value is -2.74. The summed E-state index contributed by atoms with van der Waals surface area (Å²) in [6.45, 7) is 0.347. The molecule has 0 aromatic heterocycles. The zero-order valence-electron chi connectivity index (χ0n) is 14.3. The minimum atomic E-state index is -0.272. The van der Waals surface area contributed by atoms with Crippen molar-refractivity contribution >= 4 is 28.9 Å². The molecule has 7 heteroatoms. The fourth-order valence-electron chi connectivity index (χ4n) is 3.04. The molecule has 0 atom stereocenters. The Morgan fingerprint density at radius 3 is 2.27 bits per heavy atom. The van der Waals surface area contributed by atoms with Crippen molar-refractivity contribution in [3.8, 4) is 0 Å². The first kappa shape index (κ1) is 18.1. The lowest BCUT2D eigenvalue weighted by atomic mass is 10.1. The number of benzene rings is 2. The van der Waals surface area contributed by atoms with Gasteiger partial charge in [-0.05, 0) is 24.3 Å². The van der Waals surface area contributed by atoms with E-state index in [1.807, 2.05) is 0 Å². The van der Waals surface area contributed by atoms with E-state index in [0.29, 0.717) is 22.6 Å².